The minimum absolute atomic E-state index is 0.0625. The maximum absolute atomic E-state index is 11.6. The van der Waals surface area contributed by atoms with Crippen molar-refractivity contribution < 1.29 is 9.69 Å². The lowest BCUT2D eigenvalue weighted by Gasteiger charge is -2.14. The van der Waals surface area contributed by atoms with Gasteiger partial charge >= 0.3 is 0 Å². The maximum atomic E-state index is 11.6. The Kier molecular flexibility index (Phi) is 7.61. The van der Waals surface area contributed by atoms with Gasteiger partial charge in [-0.1, -0.05) is 49.1 Å². The van der Waals surface area contributed by atoms with Gasteiger partial charge in [0.05, 0.1) is 7.05 Å². The van der Waals surface area contributed by atoms with E-state index in [9.17, 15) is 4.79 Å². The van der Waals surface area contributed by atoms with Crippen molar-refractivity contribution in [2.24, 2.45) is 5.92 Å². The summed E-state index contributed by atoms with van der Waals surface area (Å²) < 4.78 is 3.78. The number of nitrogens with one attached hydrogen (secondary N) is 2. The molecule has 1 aromatic heterocycles. The number of amides is 1. The van der Waals surface area contributed by atoms with E-state index in [0.717, 1.165) is 27.3 Å². The third kappa shape index (κ3) is 6.22. The second kappa shape index (κ2) is 9.47. The fourth-order valence-electron chi connectivity index (χ4n) is 2.26. The van der Waals surface area contributed by atoms with E-state index in [1.165, 1.54) is 10.5 Å². The first kappa shape index (κ1) is 20.1. The highest BCUT2D eigenvalue weighted by Gasteiger charge is 2.11. The van der Waals surface area contributed by atoms with Gasteiger partial charge < -0.3 is 10.2 Å². The van der Waals surface area contributed by atoms with Crippen LogP contribution in [0.3, 0.4) is 0 Å². The predicted molar refractivity (Wildman–Crippen MR) is 107 cm³/mol. The van der Waals surface area contributed by atoms with Gasteiger partial charge in [0, 0.05) is 23.9 Å². The van der Waals surface area contributed by atoms with Gasteiger partial charge in [-0.3, -0.25) is 4.79 Å². The first-order valence-electron chi connectivity index (χ1n) is 8.22. The van der Waals surface area contributed by atoms with Crippen molar-refractivity contribution in [2.45, 2.75) is 31.4 Å². The van der Waals surface area contributed by atoms with Crippen LogP contribution in [0.5, 0.6) is 0 Å². The SMILES string of the molecule is CNC(=O)c1ccc(C[NH+](C)Cn2nc(SCC(C)C)sc2=S)cc1. The molecule has 2 aromatic rings. The number of hydrogen-bond donors (Lipinski definition) is 2. The van der Waals surface area contributed by atoms with E-state index in [0.29, 0.717) is 11.5 Å². The third-order valence-corrected chi connectivity index (χ3v) is 6.36. The molecule has 25 heavy (non-hydrogen) atoms. The zero-order valence-corrected chi connectivity index (χ0v) is 17.5. The van der Waals surface area contributed by atoms with Gasteiger partial charge in [-0.2, -0.15) is 4.68 Å². The molecule has 1 heterocycles. The van der Waals surface area contributed by atoms with Gasteiger partial charge in [0.1, 0.15) is 6.54 Å². The molecule has 136 valence electrons. The van der Waals surface area contributed by atoms with E-state index in [2.05, 4.69) is 31.3 Å². The molecule has 0 spiro atoms. The second-order valence-corrected chi connectivity index (χ2v) is 9.30. The van der Waals surface area contributed by atoms with E-state index in [4.69, 9.17) is 12.2 Å². The van der Waals surface area contributed by atoms with Crippen LogP contribution in [0.15, 0.2) is 28.6 Å². The minimum Gasteiger partial charge on any atom is -0.355 e. The fourth-order valence-corrected chi connectivity index (χ4v) is 4.57. The van der Waals surface area contributed by atoms with Crippen LogP contribution in [-0.4, -0.2) is 35.5 Å². The van der Waals surface area contributed by atoms with Crippen molar-refractivity contribution in [1.82, 2.24) is 15.1 Å². The molecular weight excluding hydrogens is 372 g/mol. The highest BCUT2D eigenvalue weighted by Crippen LogP contribution is 2.23. The average molecular weight is 398 g/mol. The number of rotatable bonds is 8. The highest BCUT2D eigenvalue weighted by atomic mass is 32.2. The van der Waals surface area contributed by atoms with Crippen LogP contribution >= 0.6 is 35.3 Å². The van der Waals surface area contributed by atoms with E-state index >= 15 is 0 Å². The van der Waals surface area contributed by atoms with Crippen molar-refractivity contribution in [1.29, 1.82) is 0 Å². The first-order valence-corrected chi connectivity index (χ1v) is 10.4. The zero-order valence-electron chi connectivity index (χ0n) is 15.0. The largest absolute Gasteiger partial charge is 0.355 e. The van der Waals surface area contributed by atoms with E-state index in [1.54, 1.807) is 30.1 Å². The Morgan fingerprint density at radius 2 is 2.08 bits per heavy atom. The summed E-state index contributed by atoms with van der Waals surface area (Å²) in [6.07, 6.45) is 0. The lowest BCUT2D eigenvalue weighted by molar-refractivity contribution is -0.917. The second-order valence-electron chi connectivity index (χ2n) is 6.41. The van der Waals surface area contributed by atoms with Crippen LogP contribution in [0.2, 0.25) is 0 Å². The van der Waals surface area contributed by atoms with Crippen LogP contribution in [0.25, 0.3) is 0 Å². The van der Waals surface area contributed by atoms with Gasteiger partial charge in [0.15, 0.2) is 15.0 Å². The number of thioether (sulfide) groups is 1. The summed E-state index contributed by atoms with van der Waals surface area (Å²) in [5.74, 6) is 1.64. The molecule has 2 N–H and O–H groups in total. The van der Waals surface area contributed by atoms with Gasteiger partial charge in [-0.25, -0.2) is 0 Å². The number of quaternary nitrogens is 1. The Bertz CT molecular complexity index is 752. The van der Waals surface area contributed by atoms with Gasteiger partial charge in [0.25, 0.3) is 5.91 Å². The van der Waals surface area contributed by atoms with E-state index in [-0.39, 0.29) is 5.91 Å². The summed E-state index contributed by atoms with van der Waals surface area (Å²) in [6, 6.07) is 7.71. The molecule has 0 aliphatic rings. The monoisotopic (exact) mass is 397 g/mol. The lowest BCUT2D eigenvalue weighted by atomic mass is 10.1. The number of benzene rings is 1. The van der Waals surface area contributed by atoms with E-state index in [1.807, 2.05) is 28.9 Å². The van der Waals surface area contributed by atoms with Crippen LogP contribution in [0.1, 0.15) is 29.8 Å². The normalized spacial score (nSPS) is 12.4. The Hall–Kier alpha value is -1.22. The summed E-state index contributed by atoms with van der Waals surface area (Å²) in [4.78, 5) is 12.9. The van der Waals surface area contributed by atoms with Gasteiger partial charge in [-0.05, 0) is 30.3 Å². The van der Waals surface area contributed by atoms with Crippen LogP contribution in [0.4, 0.5) is 0 Å². The van der Waals surface area contributed by atoms with Crippen LogP contribution < -0.4 is 10.2 Å². The molecule has 0 fully saturated rings. The van der Waals surface area contributed by atoms with Crippen molar-refractivity contribution in [2.75, 3.05) is 19.8 Å². The third-order valence-electron chi connectivity index (χ3n) is 3.50. The first-order chi connectivity index (χ1) is 11.9. The molecule has 0 bridgehead atoms. The molecule has 8 heteroatoms. The molecular formula is C17H25N4OS3+. The molecule has 0 saturated carbocycles. The molecule has 5 nitrogen and oxygen atoms in total. The number of aromatic nitrogens is 2. The summed E-state index contributed by atoms with van der Waals surface area (Å²) in [5, 5.41) is 7.26. The quantitative estimate of drug-likeness (QED) is 0.531. The number of carbonyl (C=O) groups excluding carboxylic acids is 1. The summed E-state index contributed by atoms with van der Waals surface area (Å²) in [7, 11) is 3.76. The van der Waals surface area contributed by atoms with Crippen molar-refractivity contribution in [3.63, 3.8) is 0 Å². The van der Waals surface area contributed by atoms with Crippen molar-refractivity contribution >= 4 is 41.2 Å². The Balaban J connectivity index is 1.94. The van der Waals surface area contributed by atoms with Gasteiger partial charge in [-0.15, -0.1) is 5.10 Å². The molecule has 0 aliphatic carbocycles. The summed E-state index contributed by atoms with van der Waals surface area (Å²) >= 11 is 8.80. The topological polar surface area (TPSA) is 51.4 Å². The van der Waals surface area contributed by atoms with E-state index < -0.39 is 0 Å². The number of nitrogens with zero attached hydrogens (tertiary/aromatic N) is 2. The van der Waals surface area contributed by atoms with Crippen LogP contribution in [-0.2, 0) is 13.2 Å². The van der Waals surface area contributed by atoms with Gasteiger partial charge in [0.2, 0.25) is 0 Å². The van der Waals surface area contributed by atoms with Crippen molar-refractivity contribution in [3.05, 3.63) is 39.3 Å². The van der Waals surface area contributed by atoms with Crippen LogP contribution in [0, 0.1) is 9.87 Å². The Labute approximate surface area is 162 Å². The molecule has 1 atom stereocenters. The summed E-state index contributed by atoms with van der Waals surface area (Å²) in [5.41, 5.74) is 1.86. The zero-order chi connectivity index (χ0) is 18.4. The summed E-state index contributed by atoms with van der Waals surface area (Å²) in [6.45, 7) is 5.99. The standard InChI is InChI=1S/C17H24N4OS3/c1-12(2)10-24-16-19-21(17(23)25-16)11-20(4)9-13-5-7-14(8-6-13)15(22)18-3/h5-8,12H,9-11H2,1-4H3,(H,18,22)/p+1. The molecule has 1 unspecified atom stereocenters. The lowest BCUT2D eigenvalue weighted by Crippen LogP contribution is -3.07. The molecule has 0 aliphatic heterocycles. The Morgan fingerprint density at radius 1 is 1.40 bits per heavy atom. The number of carbonyl (C=O) groups is 1. The van der Waals surface area contributed by atoms with Crippen molar-refractivity contribution in [3.8, 4) is 0 Å². The molecule has 0 radical (unpaired) electrons. The average Bonchev–Trinajstić information content (AvgIpc) is 2.92. The molecule has 0 saturated heterocycles. The smallest absolute Gasteiger partial charge is 0.251 e. The molecule has 2 rings (SSSR count). The number of hydrogen-bond acceptors (Lipinski definition) is 5. The minimum atomic E-state index is -0.0625. The molecule has 1 amide bonds. The predicted octanol–water partition coefficient (Wildman–Crippen LogP) is 2.45. The highest BCUT2D eigenvalue weighted by molar-refractivity contribution is 8.01. The maximum Gasteiger partial charge on any atom is 0.251 e. The molecule has 1 aromatic carbocycles. The fraction of sp³-hybridized carbons (Fsp3) is 0.471. The Morgan fingerprint density at radius 3 is 2.68 bits per heavy atom.